The summed E-state index contributed by atoms with van der Waals surface area (Å²) in [7, 11) is 0. The number of nitro groups is 1. The fourth-order valence-corrected chi connectivity index (χ4v) is 1.70. The van der Waals surface area contributed by atoms with Gasteiger partial charge in [-0.15, -0.1) is 0 Å². The highest BCUT2D eigenvalue weighted by atomic mass is 79.9. The van der Waals surface area contributed by atoms with E-state index in [1.165, 1.54) is 6.07 Å². The molecule has 1 unspecified atom stereocenters. The highest BCUT2D eigenvalue weighted by Crippen LogP contribution is 2.22. The molecule has 0 aliphatic carbocycles. The third-order valence-corrected chi connectivity index (χ3v) is 2.49. The van der Waals surface area contributed by atoms with Crippen LogP contribution in [0.3, 0.4) is 0 Å². The third-order valence-electron chi connectivity index (χ3n) is 1.99. The van der Waals surface area contributed by atoms with Crippen LogP contribution in [0.1, 0.15) is 12.5 Å². The maximum atomic E-state index is 10.7. The first-order valence-electron chi connectivity index (χ1n) is 4.82. The van der Waals surface area contributed by atoms with Gasteiger partial charge in [-0.25, -0.2) is 0 Å². The molecule has 6 heteroatoms. The summed E-state index contributed by atoms with van der Waals surface area (Å²) in [6.45, 7) is 2.42. The predicted octanol–water partition coefficient (Wildman–Crippen LogP) is 1.83. The van der Waals surface area contributed by atoms with Crippen LogP contribution < -0.4 is 5.32 Å². The van der Waals surface area contributed by atoms with Gasteiger partial charge < -0.3 is 10.4 Å². The van der Waals surface area contributed by atoms with Crippen LogP contribution in [-0.2, 0) is 6.54 Å². The molecule has 0 fully saturated rings. The minimum absolute atomic E-state index is 0.0845. The van der Waals surface area contributed by atoms with E-state index in [1.54, 1.807) is 19.1 Å². The Labute approximate surface area is 102 Å². The van der Waals surface area contributed by atoms with Crippen molar-refractivity contribution < 1.29 is 10.0 Å². The molecular formula is C10H13BrN2O3. The van der Waals surface area contributed by atoms with E-state index in [2.05, 4.69) is 21.2 Å². The van der Waals surface area contributed by atoms with Gasteiger partial charge in [0.05, 0.1) is 11.0 Å². The Hall–Kier alpha value is -0.980. The topological polar surface area (TPSA) is 75.4 Å². The van der Waals surface area contributed by atoms with E-state index in [9.17, 15) is 10.1 Å². The van der Waals surface area contributed by atoms with Crippen LogP contribution in [0.15, 0.2) is 22.7 Å². The van der Waals surface area contributed by atoms with E-state index in [1.807, 2.05) is 0 Å². The summed E-state index contributed by atoms with van der Waals surface area (Å²) in [5.74, 6) is 0. The zero-order chi connectivity index (χ0) is 12.1. The number of nitrogens with zero attached hydrogens (tertiary/aromatic N) is 1. The van der Waals surface area contributed by atoms with Crippen molar-refractivity contribution >= 4 is 21.6 Å². The standard InChI is InChI=1S/C10H13BrN2O3/c1-7(14)5-12-6-8-4-9(11)2-3-10(8)13(15)16/h2-4,7,12,14H,5-6H2,1H3. The van der Waals surface area contributed by atoms with Gasteiger partial charge in [-0.2, -0.15) is 0 Å². The van der Waals surface area contributed by atoms with Gasteiger partial charge in [0.1, 0.15) is 0 Å². The molecule has 0 aliphatic rings. The van der Waals surface area contributed by atoms with E-state index in [0.29, 0.717) is 18.7 Å². The van der Waals surface area contributed by atoms with Crippen LogP contribution in [-0.4, -0.2) is 22.7 Å². The molecule has 0 spiro atoms. The first-order chi connectivity index (χ1) is 7.50. The van der Waals surface area contributed by atoms with Crippen LogP contribution >= 0.6 is 15.9 Å². The van der Waals surface area contributed by atoms with E-state index in [-0.39, 0.29) is 5.69 Å². The van der Waals surface area contributed by atoms with Crippen molar-refractivity contribution in [1.82, 2.24) is 5.32 Å². The Balaban J connectivity index is 2.76. The molecule has 0 aliphatic heterocycles. The molecule has 0 heterocycles. The quantitative estimate of drug-likeness (QED) is 0.640. The summed E-state index contributed by atoms with van der Waals surface area (Å²) in [5.41, 5.74) is 0.682. The molecule has 5 nitrogen and oxygen atoms in total. The molecule has 0 bridgehead atoms. The molecule has 0 amide bonds. The van der Waals surface area contributed by atoms with Crippen molar-refractivity contribution in [3.05, 3.63) is 38.3 Å². The third kappa shape index (κ3) is 3.88. The number of aliphatic hydroxyl groups excluding tert-OH is 1. The van der Waals surface area contributed by atoms with Crippen molar-refractivity contribution in [2.45, 2.75) is 19.6 Å². The monoisotopic (exact) mass is 288 g/mol. The zero-order valence-electron chi connectivity index (χ0n) is 8.81. The molecule has 16 heavy (non-hydrogen) atoms. The molecule has 1 aromatic rings. The SMILES string of the molecule is CC(O)CNCc1cc(Br)ccc1[N+](=O)[O-]. The van der Waals surface area contributed by atoms with Crippen molar-refractivity contribution in [3.63, 3.8) is 0 Å². The van der Waals surface area contributed by atoms with Crippen molar-refractivity contribution in [2.75, 3.05) is 6.54 Å². The van der Waals surface area contributed by atoms with Gasteiger partial charge in [0, 0.05) is 29.2 Å². The number of halogens is 1. The molecule has 0 saturated carbocycles. The number of hydrogen-bond donors (Lipinski definition) is 2. The first kappa shape index (κ1) is 13.1. The summed E-state index contributed by atoms with van der Waals surface area (Å²) in [6, 6.07) is 4.80. The van der Waals surface area contributed by atoms with Gasteiger partial charge in [0.15, 0.2) is 0 Å². The molecule has 88 valence electrons. The lowest BCUT2D eigenvalue weighted by Gasteiger charge is -2.07. The molecule has 1 aromatic carbocycles. The average molecular weight is 289 g/mol. The van der Waals surface area contributed by atoms with Crippen molar-refractivity contribution in [1.29, 1.82) is 0 Å². The van der Waals surface area contributed by atoms with E-state index < -0.39 is 11.0 Å². The first-order valence-corrected chi connectivity index (χ1v) is 5.61. The maximum absolute atomic E-state index is 10.7. The minimum Gasteiger partial charge on any atom is -0.392 e. The van der Waals surface area contributed by atoms with E-state index in [0.717, 1.165) is 4.47 Å². The van der Waals surface area contributed by atoms with E-state index in [4.69, 9.17) is 5.11 Å². The minimum atomic E-state index is -0.466. The largest absolute Gasteiger partial charge is 0.392 e. The van der Waals surface area contributed by atoms with Crippen LogP contribution in [0.2, 0.25) is 0 Å². The number of rotatable bonds is 5. The zero-order valence-corrected chi connectivity index (χ0v) is 10.4. The van der Waals surface area contributed by atoms with Gasteiger partial charge in [-0.3, -0.25) is 10.1 Å². The number of nitrogens with one attached hydrogen (secondary N) is 1. The average Bonchev–Trinajstić information content (AvgIpc) is 2.16. The van der Waals surface area contributed by atoms with Gasteiger partial charge in [0.25, 0.3) is 5.69 Å². The highest BCUT2D eigenvalue weighted by Gasteiger charge is 2.13. The summed E-state index contributed by atoms with van der Waals surface area (Å²) >= 11 is 3.27. The number of aliphatic hydroxyl groups is 1. The lowest BCUT2D eigenvalue weighted by Crippen LogP contribution is -2.24. The van der Waals surface area contributed by atoms with Crippen LogP contribution in [0.25, 0.3) is 0 Å². The summed E-state index contributed by atoms with van der Waals surface area (Å²) in [5, 5.41) is 22.7. The lowest BCUT2D eigenvalue weighted by molar-refractivity contribution is -0.385. The normalized spacial score (nSPS) is 12.4. The lowest BCUT2D eigenvalue weighted by atomic mass is 10.2. The van der Waals surface area contributed by atoms with Crippen molar-refractivity contribution in [2.24, 2.45) is 0 Å². The molecule has 2 N–H and O–H groups in total. The Morgan fingerprint density at radius 1 is 1.62 bits per heavy atom. The fourth-order valence-electron chi connectivity index (χ4n) is 1.29. The Morgan fingerprint density at radius 2 is 2.31 bits per heavy atom. The van der Waals surface area contributed by atoms with Gasteiger partial charge in [0.2, 0.25) is 0 Å². The number of benzene rings is 1. The molecule has 1 rings (SSSR count). The van der Waals surface area contributed by atoms with Crippen LogP contribution in [0.5, 0.6) is 0 Å². The van der Waals surface area contributed by atoms with Gasteiger partial charge >= 0.3 is 0 Å². The second kappa shape index (κ2) is 5.93. The Morgan fingerprint density at radius 3 is 2.88 bits per heavy atom. The summed E-state index contributed by atoms with van der Waals surface area (Å²) in [6.07, 6.45) is -0.466. The molecule has 0 saturated heterocycles. The number of nitro benzene ring substituents is 1. The van der Waals surface area contributed by atoms with Crippen LogP contribution in [0, 0.1) is 10.1 Å². The van der Waals surface area contributed by atoms with Gasteiger partial charge in [-0.05, 0) is 19.1 Å². The predicted molar refractivity (Wildman–Crippen MR) is 64.2 cm³/mol. The van der Waals surface area contributed by atoms with Gasteiger partial charge in [-0.1, -0.05) is 15.9 Å². The summed E-state index contributed by atoms with van der Waals surface area (Å²) in [4.78, 5) is 10.3. The molecule has 0 aromatic heterocycles. The molecule has 0 radical (unpaired) electrons. The smallest absolute Gasteiger partial charge is 0.273 e. The second-order valence-electron chi connectivity index (χ2n) is 3.51. The summed E-state index contributed by atoms with van der Waals surface area (Å²) < 4.78 is 0.798. The van der Waals surface area contributed by atoms with E-state index >= 15 is 0 Å². The van der Waals surface area contributed by atoms with Crippen LogP contribution in [0.4, 0.5) is 5.69 Å². The maximum Gasteiger partial charge on any atom is 0.273 e. The van der Waals surface area contributed by atoms with Crippen molar-refractivity contribution in [3.8, 4) is 0 Å². The molecular weight excluding hydrogens is 276 g/mol. The fraction of sp³-hybridized carbons (Fsp3) is 0.400. The second-order valence-corrected chi connectivity index (χ2v) is 4.43. The number of hydrogen-bond acceptors (Lipinski definition) is 4. The molecule has 1 atom stereocenters. The Bertz CT molecular complexity index is 382. The Kier molecular flexibility index (Phi) is 4.85. The highest BCUT2D eigenvalue weighted by molar-refractivity contribution is 9.10.